The van der Waals surface area contributed by atoms with Gasteiger partial charge in [0.05, 0.1) is 13.2 Å². The molecule has 0 aliphatic rings. The van der Waals surface area contributed by atoms with E-state index in [2.05, 4.69) is 17.1 Å². The van der Waals surface area contributed by atoms with Crippen molar-refractivity contribution in [1.82, 2.24) is 15.2 Å². The van der Waals surface area contributed by atoms with Crippen molar-refractivity contribution in [2.24, 2.45) is 0 Å². The van der Waals surface area contributed by atoms with Crippen molar-refractivity contribution in [1.29, 1.82) is 0 Å². The Bertz CT molecular complexity index is 862. The van der Waals surface area contributed by atoms with E-state index in [-0.39, 0.29) is 0 Å². The van der Waals surface area contributed by atoms with Crippen molar-refractivity contribution in [2.45, 2.75) is 33.6 Å². The first-order valence-corrected chi connectivity index (χ1v) is 9.45. The molecule has 0 saturated carbocycles. The molecule has 0 amide bonds. The molecule has 0 bridgehead atoms. The maximum atomic E-state index is 5.55. The van der Waals surface area contributed by atoms with Crippen LogP contribution in [0.3, 0.4) is 0 Å². The molecule has 0 radical (unpaired) electrons. The van der Waals surface area contributed by atoms with Crippen LogP contribution in [0.25, 0.3) is 22.5 Å². The summed E-state index contributed by atoms with van der Waals surface area (Å²) in [5.74, 6) is 2.45. The fraction of sp³-hybridized carbons (Fsp3) is 0.318. The van der Waals surface area contributed by atoms with Crippen LogP contribution in [0, 0.1) is 0 Å². The van der Waals surface area contributed by atoms with E-state index >= 15 is 0 Å². The van der Waals surface area contributed by atoms with E-state index in [1.165, 1.54) is 0 Å². The number of benzene rings is 2. The molecule has 0 spiro atoms. The minimum Gasteiger partial charge on any atom is -0.494 e. The Labute approximate surface area is 160 Å². The van der Waals surface area contributed by atoms with Crippen LogP contribution in [0.4, 0.5) is 0 Å². The Hall–Kier alpha value is -2.95. The third kappa shape index (κ3) is 4.61. The van der Waals surface area contributed by atoms with Crippen molar-refractivity contribution in [2.75, 3.05) is 13.2 Å². The van der Waals surface area contributed by atoms with Crippen LogP contribution in [0.15, 0.2) is 48.5 Å². The van der Waals surface area contributed by atoms with Gasteiger partial charge in [0.25, 0.3) is 0 Å². The highest BCUT2D eigenvalue weighted by atomic mass is 16.5. The summed E-state index contributed by atoms with van der Waals surface area (Å²) in [5, 5.41) is 8.81. The summed E-state index contributed by atoms with van der Waals surface area (Å²) in [7, 11) is 0. The van der Waals surface area contributed by atoms with Crippen LogP contribution in [0.2, 0.25) is 0 Å². The summed E-state index contributed by atoms with van der Waals surface area (Å²) in [6, 6.07) is 15.8. The van der Waals surface area contributed by atoms with Crippen molar-refractivity contribution >= 4 is 0 Å². The quantitative estimate of drug-likeness (QED) is 0.566. The largest absolute Gasteiger partial charge is 0.494 e. The number of aromatic nitrogens is 3. The molecule has 0 fully saturated rings. The Balaban J connectivity index is 2.02. The molecule has 0 N–H and O–H groups in total. The average molecular weight is 363 g/mol. The van der Waals surface area contributed by atoms with Gasteiger partial charge >= 0.3 is 0 Å². The van der Waals surface area contributed by atoms with Gasteiger partial charge in [-0.3, -0.25) is 0 Å². The molecule has 0 saturated heterocycles. The molecule has 0 aliphatic heterocycles. The Morgan fingerprint density at radius 3 is 1.67 bits per heavy atom. The lowest BCUT2D eigenvalue weighted by atomic mass is 10.0. The summed E-state index contributed by atoms with van der Waals surface area (Å²) in [5.41, 5.74) is 3.56. The van der Waals surface area contributed by atoms with Gasteiger partial charge in [-0.15, -0.1) is 10.2 Å². The smallest absolute Gasteiger partial charge is 0.151 e. The minimum absolute atomic E-state index is 0.643. The Morgan fingerprint density at radius 2 is 1.19 bits per heavy atom. The number of nitrogens with zero attached hydrogens (tertiary/aromatic N) is 3. The molecular weight excluding hydrogens is 338 g/mol. The normalized spacial score (nSPS) is 10.6. The second-order valence-electron chi connectivity index (χ2n) is 6.09. The van der Waals surface area contributed by atoms with E-state index < -0.39 is 0 Å². The van der Waals surface area contributed by atoms with Gasteiger partial charge in [-0.05, 0) is 68.8 Å². The van der Waals surface area contributed by atoms with Crippen molar-refractivity contribution in [3.8, 4) is 34.0 Å². The van der Waals surface area contributed by atoms with Crippen LogP contribution < -0.4 is 9.47 Å². The minimum atomic E-state index is 0.643. The van der Waals surface area contributed by atoms with Gasteiger partial charge in [0.15, 0.2) is 5.82 Å². The van der Waals surface area contributed by atoms with Gasteiger partial charge < -0.3 is 9.47 Å². The highest BCUT2D eigenvalue weighted by Crippen LogP contribution is 2.30. The molecule has 0 unspecified atom stereocenters. The second kappa shape index (κ2) is 9.12. The molecule has 5 heteroatoms. The van der Waals surface area contributed by atoms with Gasteiger partial charge in [0, 0.05) is 17.5 Å². The molecule has 1 aromatic heterocycles. The van der Waals surface area contributed by atoms with Gasteiger partial charge in [-0.1, -0.05) is 6.92 Å². The van der Waals surface area contributed by atoms with Crippen molar-refractivity contribution in [3.63, 3.8) is 0 Å². The third-order valence-corrected chi connectivity index (χ3v) is 4.08. The molecule has 0 atom stereocenters. The van der Waals surface area contributed by atoms with Crippen LogP contribution >= 0.6 is 0 Å². The first-order valence-electron chi connectivity index (χ1n) is 9.45. The van der Waals surface area contributed by atoms with E-state index in [4.69, 9.17) is 14.5 Å². The Kier molecular flexibility index (Phi) is 6.36. The highest BCUT2D eigenvalue weighted by molar-refractivity contribution is 5.77. The van der Waals surface area contributed by atoms with E-state index in [0.29, 0.717) is 13.2 Å². The topological polar surface area (TPSA) is 57.1 Å². The predicted molar refractivity (Wildman–Crippen MR) is 107 cm³/mol. The zero-order valence-corrected chi connectivity index (χ0v) is 16.1. The number of hydrogen-bond acceptors (Lipinski definition) is 5. The summed E-state index contributed by atoms with van der Waals surface area (Å²) >= 11 is 0. The first-order chi connectivity index (χ1) is 13.2. The SMILES string of the molecule is CCCc1nnc(-c2ccc(OCC)cc2)c(-c2ccc(OCC)cc2)n1. The first kappa shape index (κ1) is 18.8. The monoisotopic (exact) mass is 363 g/mol. The van der Waals surface area contributed by atoms with Gasteiger partial charge in [0.1, 0.15) is 22.9 Å². The lowest BCUT2D eigenvalue weighted by molar-refractivity contribution is 0.340. The fourth-order valence-electron chi connectivity index (χ4n) is 2.84. The van der Waals surface area contributed by atoms with Crippen LogP contribution in [-0.2, 0) is 6.42 Å². The number of rotatable bonds is 8. The molecule has 5 nitrogen and oxygen atoms in total. The molecule has 3 aromatic rings. The lowest BCUT2D eigenvalue weighted by Crippen LogP contribution is -2.03. The van der Waals surface area contributed by atoms with Crippen molar-refractivity contribution < 1.29 is 9.47 Å². The summed E-state index contributed by atoms with van der Waals surface area (Å²) in [6.07, 6.45) is 1.79. The van der Waals surface area contributed by atoms with E-state index in [1.54, 1.807) is 0 Å². The second-order valence-corrected chi connectivity index (χ2v) is 6.09. The molecular formula is C22H25N3O2. The summed E-state index contributed by atoms with van der Waals surface area (Å²) < 4.78 is 11.1. The van der Waals surface area contributed by atoms with Crippen molar-refractivity contribution in [3.05, 3.63) is 54.4 Å². The van der Waals surface area contributed by atoms with E-state index in [1.807, 2.05) is 62.4 Å². The zero-order chi connectivity index (χ0) is 19.1. The van der Waals surface area contributed by atoms with Gasteiger partial charge in [-0.25, -0.2) is 4.98 Å². The standard InChI is InChI=1S/C22H25N3O2/c1-4-7-20-23-21(16-8-12-18(13-9-16)26-5-2)22(25-24-20)17-10-14-19(15-11-17)27-6-3/h8-15H,4-7H2,1-3H3. The molecule has 3 rings (SSSR count). The third-order valence-electron chi connectivity index (χ3n) is 4.08. The number of aryl methyl sites for hydroxylation is 1. The maximum Gasteiger partial charge on any atom is 0.151 e. The van der Waals surface area contributed by atoms with Gasteiger partial charge in [-0.2, -0.15) is 0 Å². The number of ether oxygens (including phenoxy) is 2. The molecule has 1 heterocycles. The average Bonchev–Trinajstić information content (AvgIpc) is 2.70. The molecule has 0 aliphatic carbocycles. The van der Waals surface area contributed by atoms with E-state index in [9.17, 15) is 0 Å². The summed E-state index contributed by atoms with van der Waals surface area (Å²) in [6.45, 7) is 7.35. The van der Waals surface area contributed by atoms with Crippen LogP contribution in [0.5, 0.6) is 11.5 Å². The molecule has 2 aromatic carbocycles. The molecule has 140 valence electrons. The summed E-state index contributed by atoms with van der Waals surface area (Å²) in [4.78, 5) is 4.80. The highest BCUT2D eigenvalue weighted by Gasteiger charge is 2.14. The fourth-order valence-corrected chi connectivity index (χ4v) is 2.84. The van der Waals surface area contributed by atoms with Gasteiger partial charge in [0.2, 0.25) is 0 Å². The Morgan fingerprint density at radius 1 is 0.667 bits per heavy atom. The number of hydrogen-bond donors (Lipinski definition) is 0. The molecule has 27 heavy (non-hydrogen) atoms. The lowest BCUT2D eigenvalue weighted by Gasteiger charge is -2.11. The van der Waals surface area contributed by atoms with E-state index in [0.717, 1.165) is 52.7 Å². The van der Waals surface area contributed by atoms with Crippen LogP contribution in [-0.4, -0.2) is 28.4 Å². The zero-order valence-electron chi connectivity index (χ0n) is 16.1. The van der Waals surface area contributed by atoms with Crippen LogP contribution in [0.1, 0.15) is 33.0 Å². The predicted octanol–water partition coefficient (Wildman–Crippen LogP) is 4.96. The maximum absolute atomic E-state index is 5.55.